The maximum absolute atomic E-state index is 12.8. The minimum absolute atomic E-state index is 0.0641. The molecule has 3 heterocycles. The molecule has 1 N–H and O–H groups in total. The second kappa shape index (κ2) is 8.84. The van der Waals surface area contributed by atoms with Crippen LogP contribution in [0.25, 0.3) is 0 Å². The van der Waals surface area contributed by atoms with E-state index in [0.717, 1.165) is 42.1 Å². The number of hydrogen-bond donors (Lipinski definition) is 1. The van der Waals surface area contributed by atoms with Gasteiger partial charge in [0.05, 0.1) is 12.1 Å². The molecule has 0 spiro atoms. The van der Waals surface area contributed by atoms with Crippen molar-refractivity contribution in [3.63, 3.8) is 0 Å². The Kier molecular flexibility index (Phi) is 6.45. The van der Waals surface area contributed by atoms with Crippen molar-refractivity contribution < 1.29 is 14.0 Å². The van der Waals surface area contributed by atoms with E-state index in [2.05, 4.69) is 24.3 Å². The quantitative estimate of drug-likeness (QED) is 0.808. The number of nitrogens with one attached hydrogen (secondary N) is 1. The van der Waals surface area contributed by atoms with Crippen LogP contribution >= 0.6 is 0 Å². The standard InChI is InChI=1S/C22H32N4O3/c1-14(2)13-26-17(5)19(16(4)24-26)12-21(27)25-10-8-18(9-11-25)23-22(28)20-7-6-15(3)29-20/h6-7,14,18H,8-13H2,1-5H3,(H,23,28). The van der Waals surface area contributed by atoms with Crippen LogP contribution in [-0.2, 0) is 17.8 Å². The van der Waals surface area contributed by atoms with Gasteiger partial charge in [0.1, 0.15) is 5.76 Å². The second-order valence-electron chi connectivity index (χ2n) is 8.44. The van der Waals surface area contributed by atoms with Crippen molar-refractivity contribution in [2.75, 3.05) is 13.1 Å². The van der Waals surface area contributed by atoms with Gasteiger partial charge >= 0.3 is 0 Å². The highest BCUT2D eigenvalue weighted by atomic mass is 16.3. The van der Waals surface area contributed by atoms with Gasteiger partial charge in [-0.3, -0.25) is 14.3 Å². The molecule has 0 aromatic carbocycles. The van der Waals surface area contributed by atoms with Crippen molar-refractivity contribution in [1.29, 1.82) is 0 Å². The second-order valence-corrected chi connectivity index (χ2v) is 8.44. The lowest BCUT2D eigenvalue weighted by Gasteiger charge is -2.32. The van der Waals surface area contributed by atoms with Gasteiger partial charge in [-0.1, -0.05) is 13.8 Å². The molecule has 0 saturated carbocycles. The fourth-order valence-corrected chi connectivity index (χ4v) is 3.86. The molecule has 7 nitrogen and oxygen atoms in total. The average molecular weight is 401 g/mol. The first-order chi connectivity index (χ1) is 13.7. The van der Waals surface area contributed by atoms with E-state index >= 15 is 0 Å². The van der Waals surface area contributed by atoms with E-state index in [1.807, 2.05) is 30.4 Å². The Bertz CT molecular complexity index is 873. The molecule has 0 atom stereocenters. The van der Waals surface area contributed by atoms with Gasteiger partial charge in [0.25, 0.3) is 5.91 Å². The zero-order chi connectivity index (χ0) is 21.1. The van der Waals surface area contributed by atoms with Crippen LogP contribution in [0.4, 0.5) is 0 Å². The molecule has 3 rings (SSSR count). The summed E-state index contributed by atoms with van der Waals surface area (Å²) < 4.78 is 7.39. The first-order valence-corrected chi connectivity index (χ1v) is 10.4. The smallest absolute Gasteiger partial charge is 0.287 e. The van der Waals surface area contributed by atoms with Crippen molar-refractivity contribution >= 4 is 11.8 Å². The van der Waals surface area contributed by atoms with Crippen LogP contribution in [0.5, 0.6) is 0 Å². The molecule has 1 saturated heterocycles. The third-order valence-corrected chi connectivity index (χ3v) is 5.54. The molecule has 158 valence electrons. The molecule has 2 aromatic heterocycles. The maximum atomic E-state index is 12.8. The van der Waals surface area contributed by atoms with Gasteiger partial charge in [-0.2, -0.15) is 5.10 Å². The van der Waals surface area contributed by atoms with E-state index in [1.54, 1.807) is 12.1 Å². The summed E-state index contributed by atoms with van der Waals surface area (Å²) in [5, 5.41) is 7.63. The number of furan rings is 1. The third-order valence-electron chi connectivity index (χ3n) is 5.54. The van der Waals surface area contributed by atoms with Gasteiger partial charge in [-0.25, -0.2) is 0 Å². The van der Waals surface area contributed by atoms with Crippen molar-refractivity contribution in [1.82, 2.24) is 20.0 Å². The number of carbonyl (C=O) groups is 2. The Balaban J connectivity index is 1.53. The lowest BCUT2D eigenvalue weighted by molar-refractivity contribution is -0.131. The van der Waals surface area contributed by atoms with E-state index in [1.165, 1.54) is 0 Å². The summed E-state index contributed by atoms with van der Waals surface area (Å²) in [4.78, 5) is 27.0. The Morgan fingerprint density at radius 1 is 1.21 bits per heavy atom. The molecule has 0 bridgehead atoms. The number of amides is 2. The Hall–Kier alpha value is -2.57. The highest BCUT2D eigenvalue weighted by Gasteiger charge is 2.26. The van der Waals surface area contributed by atoms with Gasteiger partial charge < -0.3 is 14.6 Å². The van der Waals surface area contributed by atoms with E-state index in [-0.39, 0.29) is 17.9 Å². The van der Waals surface area contributed by atoms with E-state index in [0.29, 0.717) is 31.2 Å². The van der Waals surface area contributed by atoms with Gasteiger partial charge in [-0.15, -0.1) is 0 Å². The summed E-state index contributed by atoms with van der Waals surface area (Å²) in [5.41, 5.74) is 3.06. The predicted molar refractivity (Wildman–Crippen MR) is 111 cm³/mol. The summed E-state index contributed by atoms with van der Waals surface area (Å²) in [7, 11) is 0. The number of rotatable bonds is 6. The van der Waals surface area contributed by atoms with Crippen molar-refractivity contribution in [3.8, 4) is 0 Å². The summed E-state index contributed by atoms with van der Waals surface area (Å²) in [6.07, 6.45) is 1.89. The van der Waals surface area contributed by atoms with Crippen LogP contribution in [0.2, 0.25) is 0 Å². The molecule has 7 heteroatoms. The summed E-state index contributed by atoms with van der Waals surface area (Å²) >= 11 is 0. The molecule has 1 fully saturated rings. The molecule has 0 unspecified atom stereocenters. The first-order valence-electron chi connectivity index (χ1n) is 10.4. The maximum Gasteiger partial charge on any atom is 0.287 e. The monoisotopic (exact) mass is 400 g/mol. The van der Waals surface area contributed by atoms with Crippen LogP contribution < -0.4 is 5.32 Å². The summed E-state index contributed by atoms with van der Waals surface area (Å²) in [5.74, 6) is 1.51. The number of nitrogens with zero attached hydrogens (tertiary/aromatic N) is 3. The molecule has 0 radical (unpaired) electrons. The SMILES string of the molecule is Cc1ccc(C(=O)NC2CCN(C(=O)Cc3c(C)nn(CC(C)C)c3C)CC2)o1. The lowest BCUT2D eigenvalue weighted by atomic mass is 10.0. The summed E-state index contributed by atoms with van der Waals surface area (Å²) in [6.45, 7) is 12.3. The van der Waals surface area contributed by atoms with Crippen LogP contribution in [-0.4, -0.2) is 45.6 Å². The Labute approximate surface area is 172 Å². The van der Waals surface area contributed by atoms with E-state index in [9.17, 15) is 9.59 Å². The lowest BCUT2D eigenvalue weighted by Crippen LogP contribution is -2.47. The molecule has 29 heavy (non-hydrogen) atoms. The molecule has 0 aliphatic carbocycles. The molecular weight excluding hydrogens is 368 g/mol. The van der Waals surface area contributed by atoms with Crippen molar-refractivity contribution in [2.45, 2.75) is 66.5 Å². The molecule has 1 aliphatic rings. The zero-order valence-corrected chi connectivity index (χ0v) is 18.1. The molecule has 1 aliphatic heterocycles. The number of likely N-dealkylation sites (tertiary alicyclic amines) is 1. The zero-order valence-electron chi connectivity index (χ0n) is 18.1. The number of piperidine rings is 1. The van der Waals surface area contributed by atoms with Crippen molar-refractivity contribution in [3.05, 3.63) is 40.6 Å². The van der Waals surface area contributed by atoms with E-state index < -0.39 is 0 Å². The minimum Gasteiger partial charge on any atom is -0.456 e. The molecule has 2 aromatic rings. The van der Waals surface area contributed by atoms with E-state index in [4.69, 9.17) is 4.42 Å². The van der Waals surface area contributed by atoms with Gasteiger partial charge in [-0.05, 0) is 51.7 Å². The van der Waals surface area contributed by atoms with Crippen LogP contribution in [0.3, 0.4) is 0 Å². The van der Waals surface area contributed by atoms with Gasteiger partial charge in [0.15, 0.2) is 5.76 Å². The highest BCUT2D eigenvalue weighted by Crippen LogP contribution is 2.18. The van der Waals surface area contributed by atoms with Crippen LogP contribution in [0, 0.1) is 26.7 Å². The number of aryl methyl sites for hydroxylation is 2. The van der Waals surface area contributed by atoms with Gasteiger partial charge in [0.2, 0.25) is 5.91 Å². The number of aromatic nitrogens is 2. The van der Waals surface area contributed by atoms with Gasteiger partial charge in [0, 0.05) is 36.9 Å². The topological polar surface area (TPSA) is 80.4 Å². The molecule has 2 amide bonds. The average Bonchev–Trinajstić information content (AvgIpc) is 3.21. The fraction of sp³-hybridized carbons (Fsp3) is 0.591. The minimum atomic E-state index is -0.188. The van der Waals surface area contributed by atoms with Crippen LogP contribution in [0.15, 0.2) is 16.5 Å². The molecular formula is C22H32N4O3. The van der Waals surface area contributed by atoms with Crippen molar-refractivity contribution in [2.24, 2.45) is 5.92 Å². The fourth-order valence-electron chi connectivity index (χ4n) is 3.86. The first kappa shape index (κ1) is 21.1. The third kappa shape index (κ3) is 5.08. The Morgan fingerprint density at radius 2 is 1.90 bits per heavy atom. The number of hydrogen-bond acceptors (Lipinski definition) is 4. The number of carbonyl (C=O) groups excluding carboxylic acids is 2. The van der Waals surface area contributed by atoms with Crippen LogP contribution in [0.1, 0.15) is 60.0 Å². The largest absolute Gasteiger partial charge is 0.456 e. The Morgan fingerprint density at radius 3 is 2.48 bits per heavy atom. The predicted octanol–water partition coefficient (Wildman–Crippen LogP) is 3.02. The highest BCUT2D eigenvalue weighted by molar-refractivity contribution is 5.91. The summed E-state index contributed by atoms with van der Waals surface area (Å²) in [6, 6.07) is 3.53. The normalized spacial score (nSPS) is 15.2.